The highest BCUT2D eigenvalue weighted by molar-refractivity contribution is 8.01. The summed E-state index contributed by atoms with van der Waals surface area (Å²) in [4.78, 5) is 10.6. The number of aryl methyl sites for hydroxylation is 4. The summed E-state index contributed by atoms with van der Waals surface area (Å²) in [5.74, 6) is 0. The summed E-state index contributed by atoms with van der Waals surface area (Å²) in [6, 6.07) is 76.4. The number of hydrogen-bond donors (Lipinski definition) is 0. The molecule has 0 fully saturated rings. The van der Waals surface area contributed by atoms with Crippen LogP contribution >= 0.6 is 23.5 Å². The third-order valence-electron chi connectivity index (χ3n) is 20.8. The minimum Gasteiger partial charge on any atom is -0.311 e. The van der Waals surface area contributed by atoms with E-state index >= 15 is 0 Å². The lowest BCUT2D eigenvalue weighted by Crippen LogP contribution is -2.65. The number of para-hydroxylation sites is 4. The smallest absolute Gasteiger partial charge is 0.249 e. The number of hydrogen-bond acceptors (Lipinski definition) is 4. The maximum absolute atomic E-state index is 2.74. The molecule has 17 rings (SSSR count). The summed E-state index contributed by atoms with van der Waals surface area (Å²) in [6.07, 6.45) is 0. The van der Waals surface area contributed by atoms with Crippen molar-refractivity contribution in [3.63, 3.8) is 0 Å². The van der Waals surface area contributed by atoms with Crippen LogP contribution in [-0.2, 0) is 21.7 Å². The lowest BCUT2D eigenvalue weighted by Gasteiger charge is -2.45. The van der Waals surface area contributed by atoms with Gasteiger partial charge in [0.15, 0.2) is 0 Å². The molecule has 0 saturated carbocycles. The minimum absolute atomic E-state index is 0.0674. The standard InChI is InChI=1S/C86H80B2N4S2/c1-49-33-53(83(5,6)7)41-55(35-49)91-71-39-51(3)37-63(85(11,12)13)79(71)87-65-47-66-76(48-75(65)93-77-45-57(43-73(91)81(77)87)89-67-29-21-17-25-59(67)60-26-18-22-30-68(60)89)94-78-46-58(90-69-31-23-19-27-61(69)62-28-20-24-32-70(62)90)44-74-82(78)88(66)80-64(86(14,15)16)38-52(4)40-72(80)92(74)56-36-50(2)34-54(42-56)84(8,9)10/h17-48H,1-16H3. The number of benzene rings is 11. The first kappa shape index (κ1) is 59.2. The van der Waals surface area contributed by atoms with Crippen molar-refractivity contribution in [2.75, 3.05) is 9.80 Å². The molecule has 0 unspecified atom stereocenters. The highest BCUT2D eigenvalue weighted by atomic mass is 32.2. The van der Waals surface area contributed by atoms with Crippen LogP contribution in [0.5, 0.6) is 0 Å². The second-order valence-corrected chi connectivity index (χ2v) is 33.9. The second kappa shape index (κ2) is 20.5. The zero-order chi connectivity index (χ0) is 65.1. The molecule has 8 heteroatoms. The Labute approximate surface area is 564 Å². The Morgan fingerprint density at radius 1 is 0.287 bits per heavy atom. The van der Waals surface area contributed by atoms with Gasteiger partial charge in [-0.15, -0.1) is 0 Å². The first-order chi connectivity index (χ1) is 44.8. The predicted octanol–water partition coefficient (Wildman–Crippen LogP) is 19.8. The third-order valence-corrected chi connectivity index (χ3v) is 23.1. The van der Waals surface area contributed by atoms with Gasteiger partial charge in [0.2, 0.25) is 13.4 Å². The molecule has 11 aromatic carbocycles. The van der Waals surface area contributed by atoms with Crippen molar-refractivity contribution in [2.45, 2.75) is 152 Å². The number of rotatable bonds is 4. The molecular weight excluding hydrogens is 1170 g/mol. The van der Waals surface area contributed by atoms with Crippen LogP contribution in [0.25, 0.3) is 55.0 Å². The summed E-state index contributed by atoms with van der Waals surface area (Å²) in [5, 5.41) is 5.06. The van der Waals surface area contributed by atoms with Gasteiger partial charge < -0.3 is 18.9 Å². The average molecular weight is 1260 g/mol. The molecule has 4 aliphatic rings. The Kier molecular flexibility index (Phi) is 12.9. The van der Waals surface area contributed by atoms with E-state index in [1.165, 1.54) is 186 Å². The fourth-order valence-corrected chi connectivity index (χ4v) is 19.1. The Morgan fingerprint density at radius 3 is 0.957 bits per heavy atom. The summed E-state index contributed by atoms with van der Waals surface area (Å²) in [6.45, 7) is 37.8. The molecule has 94 heavy (non-hydrogen) atoms. The van der Waals surface area contributed by atoms with Gasteiger partial charge in [0.1, 0.15) is 0 Å². The number of nitrogens with zero attached hydrogens (tertiary/aromatic N) is 4. The summed E-state index contributed by atoms with van der Waals surface area (Å²) < 4.78 is 5.08. The molecule has 4 aliphatic heterocycles. The van der Waals surface area contributed by atoms with Crippen molar-refractivity contribution in [1.82, 2.24) is 9.13 Å². The van der Waals surface area contributed by atoms with Crippen molar-refractivity contribution in [1.29, 1.82) is 0 Å². The van der Waals surface area contributed by atoms with E-state index in [1.54, 1.807) is 0 Å². The number of aromatic nitrogens is 2. The van der Waals surface area contributed by atoms with Crippen LogP contribution < -0.4 is 42.6 Å². The van der Waals surface area contributed by atoms with Gasteiger partial charge in [-0.2, -0.15) is 0 Å². The third kappa shape index (κ3) is 8.97. The molecule has 0 aliphatic carbocycles. The molecule has 0 saturated heterocycles. The van der Waals surface area contributed by atoms with Crippen LogP contribution in [0.4, 0.5) is 34.1 Å². The van der Waals surface area contributed by atoms with E-state index in [4.69, 9.17) is 0 Å². The van der Waals surface area contributed by atoms with E-state index in [2.05, 4.69) is 324 Å². The monoisotopic (exact) mass is 1250 g/mol. The van der Waals surface area contributed by atoms with Crippen LogP contribution in [0.3, 0.4) is 0 Å². The van der Waals surface area contributed by atoms with Crippen LogP contribution in [0.2, 0.25) is 0 Å². The number of fused-ring (bicyclic) bond motifs is 14. The van der Waals surface area contributed by atoms with E-state index < -0.39 is 0 Å². The molecule has 4 nitrogen and oxygen atoms in total. The Bertz CT molecular complexity index is 5020. The van der Waals surface area contributed by atoms with Crippen molar-refractivity contribution in [3.05, 3.63) is 239 Å². The molecule has 2 aromatic heterocycles. The summed E-state index contributed by atoms with van der Waals surface area (Å²) >= 11 is 3.97. The fraction of sp³-hybridized carbons (Fsp3) is 0.233. The highest BCUT2D eigenvalue weighted by Gasteiger charge is 2.49. The van der Waals surface area contributed by atoms with Crippen LogP contribution in [-0.4, -0.2) is 22.6 Å². The lowest BCUT2D eigenvalue weighted by molar-refractivity contribution is 0.589. The van der Waals surface area contributed by atoms with Crippen LogP contribution in [0.15, 0.2) is 214 Å². The van der Waals surface area contributed by atoms with Crippen LogP contribution in [0.1, 0.15) is 128 Å². The normalized spacial score (nSPS) is 14.2. The van der Waals surface area contributed by atoms with Gasteiger partial charge in [-0.1, -0.05) is 221 Å². The minimum atomic E-state index is -0.184. The molecule has 462 valence electrons. The van der Waals surface area contributed by atoms with Gasteiger partial charge in [-0.25, -0.2) is 0 Å². The van der Waals surface area contributed by atoms with Gasteiger partial charge >= 0.3 is 0 Å². The highest BCUT2D eigenvalue weighted by Crippen LogP contribution is 2.51. The van der Waals surface area contributed by atoms with E-state index in [9.17, 15) is 0 Å². The molecule has 0 radical (unpaired) electrons. The average Bonchev–Trinajstić information content (AvgIpc) is 1.51. The molecule has 0 amide bonds. The van der Waals surface area contributed by atoms with Gasteiger partial charge in [-0.05, 0) is 207 Å². The first-order valence-electron chi connectivity index (χ1n) is 33.8. The van der Waals surface area contributed by atoms with Gasteiger partial charge in [0.05, 0.1) is 22.1 Å². The quantitative estimate of drug-likeness (QED) is 0.163. The summed E-state index contributed by atoms with van der Waals surface area (Å²) in [7, 11) is 0. The molecular formula is C86H80B2N4S2. The first-order valence-corrected chi connectivity index (χ1v) is 35.4. The molecule has 6 heterocycles. The fourth-order valence-electron chi connectivity index (χ4n) is 16.6. The maximum Gasteiger partial charge on any atom is 0.249 e. The zero-order valence-corrected chi connectivity index (χ0v) is 58.9. The lowest BCUT2D eigenvalue weighted by atomic mass is 9.30. The molecule has 13 aromatic rings. The predicted molar refractivity (Wildman–Crippen MR) is 409 cm³/mol. The second-order valence-electron chi connectivity index (χ2n) is 31.8. The Balaban J connectivity index is 0.983. The van der Waals surface area contributed by atoms with E-state index in [-0.39, 0.29) is 35.1 Å². The molecule has 0 bridgehead atoms. The molecule has 0 spiro atoms. The van der Waals surface area contributed by atoms with Gasteiger partial charge in [0, 0.05) is 86.6 Å². The van der Waals surface area contributed by atoms with E-state index in [0.717, 1.165) is 0 Å². The van der Waals surface area contributed by atoms with Gasteiger partial charge in [-0.3, -0.25) is 0 Å². The maximum atomic E-state index is 2.74. The zero-order valence-electron chi connectivity index (χ0n) is 57.2. The van der Waals surface area contributed by atoms with Crippen molar-refractivity contribution >= 4 is 147 Å². The topological polar surface area (TPSA) is 16.3 Å². The van der Waals surface area contributed by atoms with Crippen molar-refractivity contribution in [2.24, 2.45) is 0 Å². The number of anilines is 6. The van der Waals surface area contributed by atoms with E-state index in [0.29, 0.717) is 0 Å². The summed E-state index contributed by atoms with van der Waals surface area (Å²) in [5.41, 5.74) is 33.0. The van der Waals surface area contributed by atoms with Crippen molar-refractivity contribution in [3.8, 4) is 11.4 Å². The van der Waals surface area contributed by atoms with Crippen molar-refractivity contribution < 1.29 is 0 Å². The largest absolute Gasteiger partial charge is 0.311 e. The Hall–Kier alpha value is -8.55. The Morgan fingerprint density at radius 2 is 0.617 bits per heavy atom. The SMILES string of the molecule is Cc1cc(N2c3cc(-n4c5ccccc5c5ccccc54)cc4c3B(c3cc5c(cc3S4)Sc3cc(-n4c6ccccc6c6ccccc64)cc4c3B5c3c(cc(C)cc3C(C)(C)C)N4c3cc(C)cc(C(C)(C)C)c3)c3c2cc(C)cc3C(C)(C)C)cc(C(C)(C)C)c1. The van der Waals surface area contributed by atoms with E-state index in [1.807, 2.05) is 23.5 Å². The molecule has 0 N–H and O–H groups in total. The van der Waals surface area contributed by atoms with Gasteiger partial charge in [0.25, 0.3) is 0 Å². The molecule has 0 atom stereocenters. The van der Waals surface area contributed by atoms with Crippen LogP contribution in [0, 0.1) is 27.7 Å².